The van der Waals surface area contributed by atoms with Crippen molar-refractivity contribution in [3.63, 3.8) is 0 Å². The zero-order valence-corrected chi connectivity index (χ0v) is 18.4. The second-order valence-corrected chi connectivity index (χ2v) is 8.53. The summed E-state index contributed by atoms with van der Waals surface area (Å²) in [6, 6.07) is 6.92. The van der Waals surface area contributed by atoms with Gasteiger partial charge < -0.3 is 15.0 Å². The number of fused-ring (bicyclic) bond motifs is 1. The van der Waals surface area contributed by atoms with Crippen molar-refractivity contribution in [1.29, 1.82) is 0 Å². The summed E-state index contributed by atoms with van der Waals surface area (Å²) in [4.78, 5) is 17.4. The Labute approximate surface area is 183 Å². The third-order valence-electron chi connectivity index (χ3n) is 6.05. The average molecular weight is 430 g/mol. The van der Waals surface area contributed by atoms with Crippen LogP contribution in [0.3, 0.4) is 0 Å². The van der Waals surface area contributed by atoms with Crippen LogP contribution >= 0.6 is 0 Å². The summed E-state index contributed by atoms with van der Waals surface area (Å²) in [5.41, 5.74) is 3.65. The van der Waals surface area contributed by atoms with E-state index < -0.39 is 0 Å². The third kappa shape index (κ3) is 5.07. The van der Waals surface area contributed by atoms with Crippen LogP contribution < -0.4 is 10.2 Å². The SMILES string of the molecule is CC(C)n1nc(C(=O)NCCCN2CCN(c3ccc(F)cc3)CC2)c2c1CCOC2. The molecule has 2 aromatic rings. The number of halogens is 1. The number of rotatable bonds is 7. The highest BCUT2D eigenvalue weighted by molar-refractivity contribution is 5.94. The highest BCUT2D eigenvalue weighted by atomic mass is 19.1. The molecule has 2 aliphatic heterocycles. The van der Waals surface area contributed by atoms with Crippen LogP contribution in [-0.4, -0.2) is 66.5 Å². The molecule has 0 aliphatic carbocycles. The Bertz CT molecular complexity index is 888. The van der Waals surface area contributed by atoms with E-state index in [0.717, 1.165) is 62.5 Å². The van der Waals surface area contributed by atoms with Gasteiger partial charge >= 0.3 is 0 Å². The van der Waals surface area contributed by atoms with E-state index in [-0.39, 0.29) is 17.8 Å². The number of ether oxygens (including phenoxy) is 1. The molecule has 0 unspecified atom stereocenters. The number of nitrogens with zero attached hydrogens (tertiary/aromatic N) is 4. The van der Waals surface area contributed by atoms with Crippen LogP contribution in [0.25, 0.3) is 0 Å². The molecule has 1 saturated heterocycles. The molecule has 1 fully saturated rings. The van der Waals surface area contributed by atoms with E-state index in [4.69, 9.17) is 4.74 Å². The van der Waals surface area contributed by atoms with Crippen LogP contribution in [0.5, 0.6) is 0 Å². The predicted octanol–water partition coefficient (Wildman–Crippen LogP) is 2.62. The molecule has 0 atom stereocenters. The molecule has 1 aromatic heterocycles. The summed E-state index contributed by atoms with van der Waals surface area (Å²) in [5.74, 6) is -0.310. The molecule has 1 N–H and O–H groups in total. The van der Waals surface area contributed by atoms with Crippen molar-refractivity contribution in [1.82, 2.24) is 20.0 Å². The van der Waals surface area contributed by atoms with Crippen molar-refractivity contribution in [3.05, 3.63) is 47.0 Å². The van der Waals surface area contributed by atoms with E-state index in [1.54, 1.807) is 0 Å². The van der Waals surface area contributed by atoms with Crippen molar-refractivity contribution < 1.29 is 13.9 Å². The number of amides is 1. The van der Waals surface area contributed by atoms with E-state index in [2.05, 4.69) is 34.1 Å². The zero-order chi connectivity index (χ0) is 21.8. The van der Waals surface area contributed by atoms with Gasteiger partial charge in [-0.15, -0.1) is 0 Å². The van der Waals surface area contributed by atoms with E-state index in [1.165, 1.54) is 12.1 Å². The predicted molar refractivity (Wildman–Crippen MR) is 118 cm³/mol. The van der Waals surface area contributed by atoms with Gasteiger partial charge in [0.15, 0.2) is 5.69 Å². The van der Waals surface area contributed by atoms with Gasteiger partial charge in [-0.1, -0.05) is 0 Å². The maximum Gasteiger partial charge on any atom is 0.272 e. The molecular weight excluding hydrogens is 397 g/mol. The lowest BCUT2D eigenvalue weighted by Gasteiger charge is -2.36. The molecule has 3 heterocycles. The number of carbonyl (C=O) groups is 1. The van der Waals surface area contributed by atoms with Gasteiger partial charge in [0.05, 0.1) is 13.2 Å². The van der Waals surface area contributed by atoms with Gasteiger partial charge in [-0.25, -0.2) is 4.39 Å². The van der Waals surface area contributed by atoms with Crippen LogP contribution in [0, 0.1) is 5.82 Å². The largest absolute Gasteiger partial charge is 0.376 e. The Morgan fingerprint density at radius 3 is 2.65 bits per heavy atom. The maximum absolute atomic E-state index is 13.1. The topological polar surface area (TPSA) is 62.6 Å². The van der Waals surface area contributed by atoms with Crippen LogP contribution in [0.2, 0.25) is 0 Å². The number of piperazine rings is 1. The first-order chi connectivity index (χ1) is 15.0. The second kappa shape index (κ2) is 9.78. The van der Waals surface area contributed by atoms with Gasteiger partial charge in [0.1, 0.15) is 5.82 Å². The number of aromatic nitrogens is 2. The van der Waals surface area contributed by atoms with Gasteiger partial charge in [0.25, 0.3) is 5.91 Å². The zero-order valence-electron chi connectivity index (χ0n) is 18.4. The normalized spacial score (nSPS) is 17.1. The fraction of sp³-hybridized carbons (Fsp3) is 0.565. The molecule has 1 aromatic carbocycles. The summed E-state index contributed by atoms with van der Waals surface area (Å²) in [5, 5.41) is 7.63. The highest BCUT2D eigenvalue weighted by Gasteiger charge is 2.26. The Hall–Kier alpha value is -2.45. The second-order valence-electron chi connectivity index (χ2n) is 8.53. The molecule has 168 valence electrons. The number of anilines is 1. The summed E-state index contributed by atoms with van der Waals surface area (Å²) in [6.45, 7) is 10.7. The van der Waals surface area contributed by atoms with Crippen LogP contribution in [0.15, 0.2) is 24.3 Å². The number of hydrogen-bond donors (Lipinski definition) is 1. The fourth-order valence-electron chi connectivity index (χ4n) is 4.34. The van der Waals surface area contributed by atoms with Crippen LogP contribution in [0.1, 0.15) is 48.1 Å². The van der Waals surface area contributed by atoms with Crippen molar-refractivity contribution in [2.75, 3.05) is 50.8 Å². The standard InChI is InChI=1S/C23H32FN5O2/c1-17(2)29-21-8-15-31-16-20(21)22(26-29)23(30)25-9-3-10-27-11-13-28(14-12-27)19-6-4-18(24)5-7-19/h4-7,17H,3,8-16H2,1-2H3,(H,25,30). The fourth-order valence-corrected chi connectivity index (χ4v) is 4.34. The molecule has 1 amide bonds. The van der Waals surface area contributed by atoms with E-state index in [9.17, 15) is 9.18 Å². The molecule has 0 radical (unpaired) electrons. The molecule has 0 bridgehead atoms. The average Bonchev–Trinajstić information content (AvgIpc) is 3.18. The van der Waals surface area contributed by atoms with Gasteiger partial charge in [-0.3, -0.25) is 14.4 Å². The van der Waals surface area contributed by atoms with Crippen molar-refractivity contribution >= 4 is 11.6 Å². The first-order valence-corrected chi connectivity index (χ1v) is 11.2. The molecular formula is C23H32FN5O2. The minimum atomic E-state index is -0.201. The van der Waals surface area contributed by atoms with Crippen molar-refractivity contribution in [3.8, 4) is 0 Å². The summed E-state index contributed by atoms with van der Waals surface area (Å²) in [6.07, 6.45) is 1.70. The van der Waals surface area contributed by atoms with Crippen LogP contribution in [-0.2, 0) is 17.8 Å². The molecule has 0 spiro atoms. The monoisotopic (exact) mass is 429 g/mol. The van der Waals surface area contributed by atoms with E-state index in [0.29, 0.717) is 25.5 Å². The van der Waals surface area contributed by atoms with Gasteiger partial charge in [-0.05, 0) is 51.1 Å². The summed E-state index contributed by atoms with van der Waals surface area (Å²) >= 11 is 0. The van der Waals surface area contributed by atoms with Crippen molar-refractivity contribution in [2.24, 2.45) is 0 Å². The quantitative estimate of drug-likeness (QED) is 0.686. The minimum absolute atomic E-state index is 0.109. The lowest BCUT2D eigenvalue weighted by molar-refractivity contribution is 0.0923. The Morgan fingerprint density at radius 2 is 1.94 bits per heavy atom. The summed E-state index contributed by atoms with van der Waals surface area (Å²) in [7, 11) is 0. The Kier molecular flexibility index (Phi) is 6.87. The Balaban J connectivity index is 1.22. The minimum Gasteiger partial charge on any atom is -0.376 e. The third-order valence-corrected chi connectivity index (χ3v) is 6.05. The van der Waals surface area contributed by atoms with Gasteiger partial charge in [0, 0.05) is 62.1 Å². The molecule has 8 heteroatoms. The number of nitrogens with one attached hydrogen (secondary N) is 1. The maximum atomic E-state index is 13.1. The van der Waals surface area contributed by atoms with Crippen molar-refractivity contribution in [2.45, 2.75) is 39.3 Å². The smallest absolute Gasteiger partial charge is 0.272 e. The van der Waals surface area contributed by atoms with Gasteiger partial charge in [-0.2, -0.15) is 5.10 Å². The van der Waals surface area contributed by atoms with E-state index >= 15 is 0 Å². The van der Waals surface area contributed by atoms with Crippen LogP contribution in [0.4, 0.5) is 10.1 Å². The van der Waals surface area contributed by atoms with Gasteiger partial charge in [0.2, 0.25) is 0 Å². The first kappa shape index (κ1) is 21.8. The Morgan fingerprint density at radius 1 is 1.19 bits per heavy atom. The highest BCUT2D eigenvalue weighted by Crippen LogP contribution is 2.23. The summed E-state index contributed by atoms with van der Waals surface area (Å²) < 4.78 is 20.6. The lowest BCUT2D eigenvalue weighted by atomic mass is 10.1. The molecule has 7 nitrogen and oxygen atoms in total. The number of hydrogen-bond acceptors (Lipinski definition) is 5. The lowest BCUT2D eigenvalue weighted by Crippen LogP contribution is -2.47. The molecule has 31 heavy (non-hydrogen) atoms. The number of carbonyl (C=O) groups excluding carboxylic acids is 1. The van der Waals surface area contributed by atoms with E-state index in [1.807, 2.05) is 16.8 Å². The first-order valence-electron chi connectivity index (χ1n) is 11.2. The molecule has 0 saturated carbocycles. The number of benzene rings is 1. The molecule has 2 aliphatic rings. The molecule has 4 rings (SSSR count).